The van der Waals surface area contributed by atoms with Gasteiger partial charge in [-0.1, -0.05) is 38.8 Å². The van der Waals surface area contributed by atoms with E-state index in [-0.39, 0.29) is 5.92 Å². The molecule has 0 aromatic carbocycles. The van der Waals surface area contributed by atoms with Crippen molar-refractivity contribution >= 4 is 0 Å². The van der Waals surface area contributed by atoms with E-state index in [0.29, 0.717) is 12.0 Å². The molecule has 1 aliphatic carbocycles. The molecule has 0 bridgehead atoms. The molecular formula is C17H31N3O. The zero-order chi connectivity index (χ0) is 15.2. The average molecular weight is 293 g/mol. The van der Waals surface area contributed by atoms with Crippen LogP contribution in [0.2, 0.25) is 0 Å². The first kappa shape index (κ1) is 16.5. The van der Waals surface area contributed by atoms with Gasteiger partial charge in [-0.25, -0.2) is 0 Å². The maximum absolute atomic E-state index is 5.52. The summed E-state index contributed by atoms with van der Waals surface area (Å²) in [4.78, 5) is 4.69. The minimum atomic E-state index is 0.266. The maximum atomic E-state index is 5.52. The largest absolute Gasteiger partial charge is 0.339 e. The summed E-state index contributed by atoms with van der Waals surface area (Å²) in [6.07, 6.45) is 7.78. The second kappa shape index (κ2) is 7.92. The zero-order valence-electron chi connectivity index (χ0n) is 14.1. The van der Waals surface area contributed by atoms with Gasteiger partial charge in [0, 0.05) is 12.0 Å². The second-order valence-electron chi connectivity index (χ2n) is 6.63. The summed E-state index contributed by atoms with van der Waals surface area (Å²) in [5.41, 5.74) is 0. The molecule has 1 aromatic rings. The Morgan fingerprint density at radius 2 is 1.90 bits per heavy atom. The van der Waals surface area contributed by atoms with Gasteiger partial charge >= 0.3 is 0 Å². The zero-order valence-corrected chi connectivity index (χ0v) is 14.1. The summed E-state index contributed by atoms with van der Waals surface area (Å²) < 4.78 is 5.52. The molecule has 4 nitrogen and oxygen atoms in total. The van der Waals surface area contributed by atoms with E-state index in [1.165, 1.54) is 38.5 Å². The van der Waals surface area contributed by atoms with Gasteiger partial charge in [0.15, 0.2) is 5.82 Å². The van der Waals surface area contributed by atoms with E-state index in [2.05, 4.69) is 38.2 Å². The minimum absolute atomic E-state index is 0.266. The predicted octanol–water partition coefficient (Wildman–Crippen LogP) is 4.25. The van der Waals surface area contributed by atoms with Crippen LogP contribution in [-0.4, -0.2) is 22.7 Å². The molecule has 4 heteroatoms. The van der Waals surface area contributed by atoms with Gasteiger partial charge in [0.2, 0.25) is 5.89 Å². The molecule has 21 heavy (non-hydrogen) atoms. The molecule has 1 saturated carbocycles. The lowest BCUT2D eigenvalue weighted by molar-refractivity contribution is 0.292. The van der Waals surface area contributed by atoms with Crippen molar-refractivity contribution in [3.8, 4) is 0 Å². The second-order valence-corrected chi connectivity index (χ2v) is 6.63. The summed E-state index contributed by atoms with van der Waals surface area (Å²) in [7, 11) is 0. The molecule has 1 N–H and O–H groups in total. The Hall–Kier alpha value is -0.900. The number of nitrogens with zero attached hydrogens (tertiary/aromatic N) is 2. The van der Waals surface area contributed by atoms with Crippen LogP contribution < -0.4 is 5.32 Å². The van der Waals surface area contributed by atoms with Gasteiger partial charge in [-0.2, -0.15) is 4.98 Å². The van der Waals surface area contributed by atoms with Crippen molar-refractivity contribution in [3.05, 3.63) is 11.7 Å². The smallest absolute Gasteiger partial charge is 0.231 e. The minimum Gasteiger partial charge on any atom is -0.339 e. The van der Waals surface area contributed by atoms with Crippen LogP contribution in [0.5, 0.6) is 0 Å². The van der Waals surface area contributed by atoms with E-state index in [0.717, 1.165) is 24.2 Å². The van der Waals surface area contributed by atoms with E-state index >= 15 is 0 Å². The topological polar surface area (TPSA) is 51.0 Å². The molecular weight excluding hydrogens is 262 g/mol. The molecule has 2 unspecified atom stereocenters. The molecule has 0 spiro atoms. The molecule has 0 aliphatic heterocycles. The molecule has 2 rings (SSSR count). The Labute approximate surface area is 129 Å². The van der Waals surface area contributed by atoms with Gasteiger partial charge in [-0.3, -0.25) is 0 Å². The van der Waals surface area contributed by atoms with Crippen molar-refractivity contribution in [1.29, 1.82) is 0 Å². The Morgan fingerprint density at radius 3 is 2.52 bits per heavy atom. The monoisotopic (exact) mass is 293 g/mol. The molecule has 0 saturated heterocycles. The summed E-state index contributed by atoms with van der Waals surface area (Å²) in [6.45, 7) is 9.70. The van der Waals surface area contributed by atoms with Crippen LogP contribution in [0.1, 0.15) is 89.8 Å². The fourth-order valence-electron chi connectivity index (χ4n) is 3.43. The van der Waals surface area contributed by atoms with Crippen LogP contribution in [0.3, 0.4) is 0 Å². The SMILES string of the molecule is CCCC1CCC(c2noc(C(C)C(C)NCC)n2)CC1. The van der Waals surface area contributed by atoms with E-state index < -0.39 is 0 Å². The first-order valence-corrected chi connectivity index (χ1v) is 8.72. The van der Waals surface area contributed by atoms with Gasteiger partial charge in [0.1, 0.15) is 0 Å². The Kier molecular flexibility index (Phi) is 6.22. The molecule has 1 heterocycles. The third-order valence-electron chi connectivity index (χ3n) is 5.03. The van der Waals surface area contributed by atoms with Crippen molar-refractivity contribution < 1.29 is 4.52 Å². The Bertz CT molecular complexity index is 410. The van der Waals surface area contributed by atoms with Crippen LogP contribution in [0, 0.1) is 5.92 Å². The van der Waals surface area contributed by atoms with Crippen molar-refractivity contribution in [2.45, 2.75) is 84.1 Å². The first-order chi connectivity index (χ1) is 10.2. The van der Waals surface area contributed by atoms with Crippen molar-refractivity contribution in [2.75, 3.05) is 6.54 Å². The summed E-state index contributed by atoms with van der Waals surface area (Å²) in [6, 6.07) is 0.364. The predicted molar refractivity (Wildman–Crippen MR) is 85.5 cm³/mol. The van der Waals surface area contributed by atoms with Crippen molar-refractivity contribution in [1.82, 2.24) is 15.5 Å². The van der Waals surface area contributed by atoms with Crippen molar-refractivity contribution in [3.63, 3.8) is 0 Å². The molecule has 0 amide bonds. The highest BCUT2D eigenvalue weighted by Crippen LogP contribution is 2.36. The summed E-state index contributed by atoms with van der Waals surface area (Å²) in [5.74, 6) is 3.43. The lowest BCUT2D eigenvalue weighted by Gasteiger charge is -2.26. The highest BCUT2D eigenvalue weighted by molar-refractivity contribution is 5.02. The average Bonchev–Trinajstić information content (AvgIpc) is 2.97. The third-order valence-corrected chi connectivity index (χ3v) is 5.03. The van der Waals surface area contributed by atoms with Gasteiger partial charge < -0.3 is 9.84 Å². The van der Waals surface area contributed by atoms with Crippen LogP contribution in [-0.2, 0) is 0 Å². The quantitative estimate of drug-likeness (QED) is 0.816. The number of likely N-dealkylation sites (N-methyl/N-ethyl adjacent to an activating group) is 1. The van der Waals surface area contributed by atoms with Crippen LogP contribution in [0.15, 0.2) is 4.52 Å². The van der Waals surface area contributed by atoms with Gasteiger partial charge in [-0.15, -0.1) is 0 Å². The number of nitrogens with one attached hydrogen (secondary N) is 1. The number of aromatic nitrogens is 2. The van der Waals surface area contributed by atoms with E-state index in [9.17, 15) is 0 Å². The molecule has 1 aliphatic rings. The maximum Gasteiger partial charge on any atom is 0.231 e. The van der Waals surface area contributed by atoms with Crippen LogP contribution in [0.4, 0.5) is 0 Å². The van der Waals surface area contributed by atoms with Gasteiger partial charge in [0.05, 0.1) is 5.92 Å². The molecule has 0 radical (unpaired) electrons. The number of hydrogen-bond acceptors (Lipinski definition) is 4. The summed E-state index contributed by atoms with van der Waals surface area (Å²) in [5, 5.41) is 7.69. The molecule has 1 aromatic heterocycles. The first-order valence-electron chi connectivity index (χ1n) is 8.72. The Balaban J connectivity index is 1.91. The summed E-state index contributed by atoms with van der Waals surface area (Å²) >= 11 is 0. The Morgan fingerprint density at radius 1 is 1.19 bits per heavy atom. The third kappa shape index (κ3) is 4.29. The molecule has 120 valence electrons. The van der Waals surface area contributed by atoms with Crippen LogP contribution >= 0.6 is 0 Å². The highest BCUT2D eigenvalue weighted by atomic mass is 16.5. The normalized spacial score (nSPS) is 25.7. The van der Waals surface area contributed by atoms with Crippen molar-refractivity contribution in [2.24, 2.45) is 5.92 Å². The van der Waals surface area contributed by atoms with E-state index in [4.69, 9.17) is 9.51 Å². The lowest BCUT2D eigenvalue weighted by atomic mass is 9.80. The van der Waals surface area contributed by atoms with Gasteiger partial charge in [-0.05, 0) is 45.1 Å². The van der Waals surface area contributed by atoms with Crippen LogP contribution in [0.25, 0.3) is 0 Å². The molecule has 1 fully saturated rings. The molecule has 2 atom stereocenters. The van der Waals surface area contributed by atoms with E-state index in [1.807, 2.05) is 0 Å². The number of rotatable bonds is 7. The van der Waals surface area contributed by atoms with E-state index in [1.54, 1.807) is 0 Å². The number of hydrogen-bond donors (Lipinski definition) is 1. The van der Waals surface area contributed by atoms with Gasteiger partial charge in [0.25, 0.3) is 0 Å². The fourth-order valence-corrected chi connectivity index (χ4v) is 3.43. The fraction of sp³-hybridized carbons (Fsp3) is 0.882. The lowest BCUT2D eigenvalue weighted by Crippen LogP contribution is -2.30. The standard InChI is InChI=1S/C17H31N3O/c1-5-7-14-8-10-15(11-9-14)16-19-17(21-20-16)12(3)13(4)18-6-2/h12-15,18H,5-11H2,1-4H3. The highest BCUT2D eigenvalue weighted by Gasteiger charge is 2.27.